The van der Waals surface area contributed by atoms with Crippen molar-refractivity contribution in [3.8, 4) is 11.1 Å². The Morgan fingerprint density at radius 2 is 1.63 bits per heavy atom. The molecule has 0 bridgehead atoms. The molecule has 0 saturated carbocycles. The molecule has 10 nitrogen and oxygen atoms in total. The highest BCUT2D eigenvalue weighted by atomic mass is 16.8. The zero-order chi connectivity index (χ0) is 26.8. The summed E-state index contributed by atoms with van der Waals surface area (Å²) in [6.45, 7) is -0.879. The van der Waals surface area contributed by atoms with E-state index in [0.717, 1.165) is 11.1 Å². The minimum atomic E-state index is -1.61. The van der Waals surface area contributed by atoms with E-state index < -0.39 is 49.5 Å². The number of benzene rings is 2. The van der Waals surface area contributed by atoms with E-state index >= 15 is 0 Å². The largest absolute Gasteiger partial charge is 0.471 e. The van der Waals surface area contributed by atoms with Crippen molar-refractivity contribution in [3.05, 3.63) is 78.1 Å². The fraction of sp³-hybridized carbons (Fsp3) is 0.393. The molecule has 2 aliphatic heterocycles. The number of allylic oxidation sites excluding steroid dienone is 1. The second-order valence-electron chi connectivity index (χ2n) is 9.61. The number of aliphatic hydroxyl groups is 5. The Labute approximate surface area is 219 Å². The summed E-state index contributed by atoms with van der Waals surface area (Å²) in [5.74, 6) is -1.28. The Hall–Kier alpha value is -3.09. The van der Waals surface area contributed by atoms with Gasteiger partial charge in [-0.2, -0.15) is 0 Å². The van der Waals surface area contributed by atoms with Crippen molar-refractivity contribution in [1.29, 1.82) is 0 Å². The molecule has 8 atom stereocenters. The lowest BCUT2D eigenvalue weighted by molar-refractivity contribution is -0.339. The average molecular weight is 526 g/mol. The number of hydrogen-bond acceptors (Lipinski definition) is 9. The van der Waals surface area contributed by atoms with Gasteiger partial charge in [-0.05, 0) is 35.3 Å². The summed E-state index contributed by atoms with van der Waals surface area (Å²) in [6, 6.07) is 17.4. The van der Waals surface area contributed by atoms with Crippen LogP contribution in [0.4, 0.5) is 5.69 Å². The van der Waals surface area contributed by atoms with Crippen molar-refractivity contribution in [1.82, 2.24) is 0 Å². The van der Waals surface area contributed by atoms with E-state index in [0.29, 0.717) is 23.3 Å². The number of anilines is 1. The first-order valence-corrected chi connectivity index (χ1v) is 12.5. The summed E-state index contributed by atoms with van der Waals surface area (Å²) in [4.78, 5) is 13.2. The number of fused-ring (bicyclic) bond motifs is 1. The highest BCUT2D eigenvalue weighted by Gasteiger charge is 2.49. The second-order valence-corrected chi connectivity index (χ2v) is 9.61. The van der Waals surface area contributed by atoms with E-state index in [1.165, 1.54) is 6.26 Å². The van der Waals surface area contributed by atoms with Crippen LogP contribution < -0.4 is 5.32 Å². The number of carbonyl (C=O) groups is 1. The molecule has 1 fully saturated rings. The molecule has 0 unspecified atom stereocenters. The van der Waals surface area contributed by atoms with Gasteiger partial charge in [0.15, 0.2) is 6.29 Å². The van der Waals surface area contributed by atoms with E-state index in [9.17, 15) is 30.3 Å². The number of ether oxygens (including phenoxy) is 3. The van der Waals surface area contributed by atoms with Crippen molar-refractivity contribution in [2.24, 2.45) is 11.8 Å². The van der Waals surface area contributed by atoms with Crippen LogP contribution in [-0.2, 0) is 19.0 Å². The van der Waals surface area contributed by atoms with Gasteiger partial charge >= 0.3 is 0 Å². The zero-order valence-corrected chi connectivity index (χ0v) is 20.5. The van der Waals surface area contributed by atoms with Gasteiger partial charge in [0.1, 0.15) is 24.4 Å². The molecule has 5 rings (SSSR count). The third kappa shape index (κ3) is 5.12. The number of carbonyl (C=O) groups excluding carboxylic acids is 1. The number of nitrogens with one attached hydrogen (secondary N) is 1. The normalized spacial score (nSPS) is 32.6. The first-order chi connectivity index (χ1) is 18.4. The van der Waals surface area contributed by atoms with Gasteiger partial charge in [0.2, 0.25) is 6.29 Å². The van der Waals surface area contributed by atoms with Gasteiger partial charge in [-0.15, -0.1) is 0 Å². The van der Waals surface area contributed by atoms with Crippen LogP contribution in [0.15, 0.2) is 78.1 Å². The van der Waals surface area contributed by atoms with Crippen LogP contribution in [0.25, 0.3) is 11.1 Å². The Bertz CT molecular complexity index is 1180. The Kier molecular flexibility index (Phi) is 7.91. The molecule has 3 aliphatic rings. The van der Waals surface area contributed by atoms with Gasteiger partial charge in [-0.25, -0.2) is 0 Å². The van der Waals surface area contributed by atoms with Crippen LogP contribution in [0.3, 0.4) is 0 Å². The summed E-state index contributed by atoms with van der Waals surface area (Å²) in [5.41, 5.74) is 3.67. The third-order valence-corrected chi connectivity index (χ3v) is 7.33. The third-order valence-electron chi connectivity index (χ3n) is 7.33. The standard InChI is InChI=1S/C28H31NO9/c30-12-17-8-11-19-20(26(35)29-18-9-6-16(7-10-18)15-4-2-1-3-5-15)14-36-27(22(17)19)38-28-25(34)24(33)23(32)21(13-31)37-28/h1-10,14,19,21-25,27-28,30-34H,11-13H2,(H,29,35)/t19-,21-,22-,23-,24+,25-,27+,28+/m1/s1. The molecular weight excluding hydrogens is 494 g/mol. The van der Waals surface area contributed by atoms with Gasteiger partial charge < -0.3 is 45.1 Å². The zero-order valence-electron chi connectivity index (χ0n) is 20.5. The van der Waals surface area contributed by atoms with Crippen LogP contribution in [0.5, 0.6) is 0 Å². The molecule has 0 radical (unpaired) electrons. The fourth-order valence-corrected chi connectivity index (χ4v) is 5.22. The number of rotatable bonds is 7. The fourth-order valence-electron chi connectivity index (χ4n) is 5.22. The first-order valence-electron chi connectivity index (χ1n) is 12.5. The predicted octanol–water partition coefficient (Wildman–Crippen LogP) is 0.904. The van der Waals surface area contributed by atoms with Crippen LogP contribution in [0.2, 0.25) is 0 Å². The molecule has 1 amide bonds. The van der Waals surface area contributed by atoms with Crippen LogP contribution in [-0.4, -0.2) is 81.6 Å². The number of aliphatic hydroxyl groups excluding tert-OH is 5. The van der Waals surface area contributed by atoms with Gasteiger partial charge in [0.05, 0.1) is 31.0 Å². The van der Waals surface area contributed by atoms with E-state index in [2.05, 4.69) is 5.32 Å². The second kappa shape index (κ2) is 11.3. The van der Waals surface area contributed by atoms with Crippen molar-refractivity contribution < 1.29 is 44.5 Å². The molecule has 1 aliphatic carbocycles. The lowest BCUT2D eigenvalue weighted by Gasteiger charge is -2.43. The van der Waals surface area contributed by atoms with Crippen LogP contribution in [0, 0.1) is 11.8 Å². The van der Waals surface area contributed by atoms with E-state index in [1.54, 1.807) is 0 Å². The summed E-state index contributed by atoms with van der Waals surface area (Å²) >= 11 is 0. The summed E-state index contributed by atoms with van der Waals surface area (Å²) in [5, 5.41) is 52.8. The molecule has 2 heterocycles. The van der Waals surface area contributed by atoms with E-state index in [-0.39, 0.29) is 18.4 Å². The maximum Gasteiger partial charge on any atom is 0.255 e. The van der Waals surface area contributed by atoms with Crippen LogP contribution in [0.1, 0.15) is 6.42 Å². The molecule has 1 saturated heterocycles. The molecule has 6 N–H and O–H groups in total. The maximum absolute atomic E-state index is 13.2. The van der Waals surface area contributed by atoms with Gasteiger partial charge in [-0.1, -0.05) is 48.5 Å². The molecule has 10 heteroatoms. The smallest absolute Gasteiger partial charge is 0.255 e. The highest BCUT2D eigenvalue weighted by Crippen LogP contribution is 2.44. The molecule has 0 aromatic heterocycles. The average Bonchev–Trinajstić information content (AvgIpc) is 3.39. The van der Waals surface area contributed by atoms with Gasteiger partial charge in [0.25, 0.3) is 5.91 Å². The minimum absolute atomic E-state index is 0.283. The lowest BCUT2D eigenvalue weighted by atomic mass is 9.83. The topological polar surface area (TPSA) is 158 Å². The number of amides is 1. The minimum Gasteiger partial charge on any atom is -0.471 e. The van der Waals surface area contributed by atoms with Crippen molar-refractivity contribution in [2.45, 2.75) is 43.4 Å². The van der Waals surface area contributed by atoms with Crippen molar-refractivity contribution in [3.63, 3.8) is 0 Å². The van der Waals surface area contributed by atoms with Crippen molar-refractivity contribution in [2.75, 3.05) is 18.5 Å². The Balaban J connectivity index is 1.30. The Morgan fingerprint density at radius 3 is 2.32 bits per heavy atom. The molecule has 0 spiro atoms. The van der Waals surface area contributed by atoms with E-state index in [4.69, 9.17) is 14.2 Å². The summed E-state index contributed by atoms with van der Waals surface area (Å²) < 4.78 is 17.0. The highest BCUT2D eigenvalue weighted by molar-refractivity contribution is 6.04. The van der Waals surface area contributed by atoms with E-state index in [1.807, 2.05) is 60.7 Å². The first kappa shape index (κ1) is 26.5. The molecule has 38 heavy (non-hydrogen) atoms. The predicted molar refractivity (Wildman–Crippen MR) is 135 cm³/mol. The maximum atomic E-state index is 13.2. The van der Waals surface area contributed by atoms with Crippen LogP contribution >= 0.6 is 0 Å². The molecule has 202 valence electrons. The quantitative estimate of drug-likeness (QED) is 0.289. The van der Waals surface area contributed by atoms with Gasteiger partial charge in [0, 0.05) is 11.6 Å². The summed E-state index contributed by atoms with van der Waals surface area (Å²) in [7, 11) is 0. The van der Waals surface area contributed by atoms with Gasteiger partial charge in [-0.3, -0.25) is 4.79 Å². The number of hydrogen-bond donors (Lipinski definition) is 6. The molecular formula is C28H31NO9. The summed E-state index contributed by atoms with van der Waals surface area (Å²) in [6.07, 6.45) is -4.75. The molecule has 2 aromatic carbocycles. The lowest BCUT2D eigenvalue weighted by Crippen LogP contribution is -2.60. The molecule has 2 aromatic rings. The van der Waals surface area contributed by atoms with Crippen molar-refractivity contribution >= 4 is 11.6 Å². The SMILES string of the molecule is O=C(Nc1ccc(-c2ccccc2)cc1)C1=CO[C@@H](O[C@@H]2O[C@H](CO)[C@@H](O)[C@H](O)[C@H]2O)[C@@H]2C(CO)=CC[C@H]12. The Morgan fingerprint density at radius 1 is 0.921 bits per heavy atom. The monoisotopic (exact) mass is 525 g/mol.